The summed E-state index contributed by atoms with van der Waals surface area (Å²) in [6.45, 7) is 3.64. The molecule has 0 spiro atoms. The molecule has 0 aliphatic carbocycles. The Labute approximate surface area is 168 Å². The van der Waals surface area contributed by atoms with Crippen molar-refractivity contribution in [2.24, 2.45) is 0 Å². The predicted octanol–water partition coefficient (Wildman–Crippen LogP) is 5.64. The molecule has 0 N–H and O–H groups in total. The van der Waals surface area contributed by atoms with Crippen molar-refractivity contribution in [1.29, 1.82) is 0 Å². The second-order valence-corrected chi connectivity index (χ2v) is 6.81. The fourth-order valence-corrected chi connectivity index (χ4v) is 2.81. The molecule has 2 rings (SSSR count). The van der Waals surface area contributed by atoms with Gasteiger partial charge in [-0.3, -0.25) is 4.79 Å². The summed E-state index contributed by atoms with van der Waals surface area (Å²) in [6, 6.07) is 4.78. The van der Waals surface area contributed by atoms with E-state index in [9.17, 15) is 18.0 Å². The molecule has 1 aromatic carbocycles. The normalized spacial score (nSPS) is 11.4. The van der Waals surface area contributed by atoms with Crippen LogP contribution in [-0.4, -0.2) is 21.0 Å². The highest BCUT2D eigenvalue weighted by Gasteiger charge is 2.30. The van der Waals surface area contributed by atoms with Gasteiger partial charge in [-0.1, -0.05) is 43.0 Å². The Hall–Kier alpha value is -2.64. The molecule has 5 nitrogen and oxygen atoms in total. The second kappa shape index (κ2) is 11.4. The number of hydrogen-bond acceptors (Lipinski definition) is 4. The summed E-state index contributed by atoms with van der Waals surface area (Å²) in [7, 11) is 0. The third-order valence-corrected chi connectivity index (χ3v) is 4.40. The lowest BCUT2D eigenvalue weighted by Crippen LogP contribution is -2.06. The minimum Gasteiger partial charge on any atom is -0.459 e. The smallest absolute Gasteiger partial charge is 0.416 e. The van der Waals surface area contributed by atoms with Crippen molar-refractivity contribution in [3.8, 4) is 5.69 Å². The number of ether oxygens (including phenoxy) is 1. The van der Waals surface area contributed by atoms with Crippen molar-refractivity contribution in [1.82, 2.24) is 15.0 Å². The molecule has 0 aliphatic rings. The number of alkyl halides is 3. The number of carbonyl (C=O) groups excluding carboxylic acids is 1. The minimum atomic E-state index is -4.43. The fourth-order valence-electron chi connectivity index (χ4n) is 2.81. The van der Waals surface area contributed by atoms with E-state index in [1.54, 1.807) is 0 Å². The Morgan fingerprint density at radius 3 is 2.59 bits per heavy atom. The molecular formula is C21H26F3N3O2. The first kappa shape index (κ1) is 22.6. The van der Waals surface area contributed by atoms with Gasteiger partial charge in [-0.25, -0.2) is 4.68 Å². The largest absolute Gasteiger partial charge is 0.459 e. The van der Waals surface area contributed by atoms with Crippen molar-refractivity contribution >= 4 is 5.97 Å². The van der Waals surface area contributed by atoms with E-state index in [1.165, 1.54) is 29.4 Å². The zero-order valence-electron chi connectivity index (χ0n) is 16.3. The first-order valence-corrected chi connectivity index (χ1v) is 9.75. The molecule has 0 saturated heterocycles. The molecule has 0 amide bonds. The van der Waals surface area contributed by atoms with E-state index in [1.807, 2.05) is 6.08 Å². The molecular weight excluding hydrogens is 383 g/mol. The fraction of sp³-hybridized carbons (Fsp3) is 0.476. The number of unbranched alkanes of at least 4 members (excludes halogenated alkanes) is 6. The zero-order chi connectivity index (χ0) is 21.1. The van der Waals surface area contributed by atoms with Crippen LogP contribution in [0.2, 0.25) is 0 Å². The first-order valence-electron chi connectivity index (χ1n) is 9.75. The highest BCUT2D eigenvalue weighted by molar-refractivity contribution is 5.69. The third kappa shape index (κ3) is 8.09. The Kier molecular flexibility index (Phi) is 8.89. The van der Waals surface area contributed by atoms with Crippen LogP contribution in [0.4, 0.5) is 13.2 Å². The number of aromatic nitrogens is 3. The van der Waals surface area contributed by atoms with Crippen LogP contribution in [-0.2, 0) is 22.3 Å². The average Bonchev–Trinajstić information content (AvgIpc) is 3.17. The van der Waals surface area contributed by atoms with E-state index in [4.69, 9.17) is 4.74 Å². The van der Waals surface area contributed by atoms with Crippen LogP contribution in [0, 0.1) is 0 Å². The van der Waals surface area contributed by atoms with E-state index in [0.717, 1.165) is 50.7 Å². The maximum atomic E-state index is 12.8. The summed E-state index contributed by atoms with van der Waals surface area (Å²) in [5.41, 5.74) is -0.157. The van der Waals surface area contributed by atoms with Crippen LogP contribution < -0.4 is 0 Å². The summed E-state index contributed by atoms with van der Waals surface area (Å²) in [5, 5.41) is 7.66. The molecule has 0 radical (unpaired) electrons. The first-order chi connectivity index (χ1) is 13.9. The highest BCUT2D eigenvalue weighted by atomic mass is 19.4. The number of rotatable bonds is 12. The van der Waals surface area contributed by atoms with Crippen molar-refractivity contribution in [3.05, 3.63) is 54.4 Å². The van der Waals surface area contributed by atoms with Gasteiger partial charge in [0.05, 0.1) is 17.4 Å². The molecule has 0 bridgehead atoms. The van der Waals surface area contributed by atoms with Crippen LogP contribution in [0.15, 0.2) is 43.1 Å². The maximum Gasteiger partial charge on any atom is 0.416 e. The quantitative estimate of drug-likeness (QED) is 0.259. The SMILES string of the molecule is C=CCCCCCCCCC(=O)OCc1cn(-c2cccc(C(F)(F)F)c2)nn1. The predicted molar refractivity (Wildman–Crippen MR) is 103 cm³/mol. The molecule has 2 aromatic rings. The number of halogens is 3. The van der Waals surface area contributed by atoms with Gasteiger partial charge in [0.25, 0.3) is 0 Å². The number of allylic oxidation sites excluding steroid dienone is 1. The molecule has 0 fully saturated rings. The minimum absolute atomic E-state index is 0.0562. The number of hydrogen-bond donors (Lipinski definition) is 0. The van der Waals surface area contributed by atoms with Gasteiger partial charge in [-0.15, -0.1) is 11.7 Å². The van der Waals surface area contributed by atoms with Gasteiger partial charge < -0.3 is 4.74 Å². The van der Waals surface area contributed by atoms with Crippen molar-refractivity contribution in [2.75, 3.05) is 0 Å². The van der Waals surface area contributed by atoms with E-state index in [-0.39, 0.29) is 18.3 Å². The number of esters is 1. The second-order valence-electron chi connectivity index (χ2n) is 6.81. The Morgan fingerprint density at radius 2 is 1.86 bits per heavy atom. The molecule has 8 heteroatoms. The van der Waals surface area contributed by atoms with Gasteiger partial charge in [0, 0.05) is 6.42 Å². The van der Waals surface area contributed by atoms with E-state index in [2.05, 4.69) is 16.9 Å². The molecule has 1 heterocycles. The summed E-state index contributed by atoms with van der Waals surface area (Å²) in [4.78, 5) is 11.8. The molecule has 0 unspecified atom stereocenters. The number of benzene rings is 1. The summed E-state index contributed by atoms with van der Waals surface area (Å²) < 4.78 is 44.8. The molecule has 0 aliphatic heterocycles. The standard InChI is InChI=1S/C21H26F3N3O2/c1-2-3-4-5-6-7-8-9-13-20(28)29-16-18-15-27(26-25-18)19-12-10-11-17(14-19)21(22,23)24/h2,10-12,14-15H,1,3-9,13,16H2. The maximum absolute atomic E-state index is 12.8. The lowest BCUT2D eigenvalue weighted by Gasteiger charge is -2.08. The third-order valence-electron chi connectivity index (χ3n) is 4.40. The number of nitrogens with zero attached hydrogens (tertiary/aromatic N) is 3. The van der Waals surface area contributed by atoms with Crippen molar-refractivity contribution in [3.63, 3.8) is 0 Å². The molecule has 1 aromatic heterocycles. The van der Waals surface area contributed by atoms with Gasteiger partial charge in [-0.05, 0) is 37.5 Å². The van der Waals surface area contributed by atoms with E-state index in [0.29, 0.717) is 12.1 Å². The van der Waals surface area contributed by atoms with Gasteiger partial charge in [0.2, 0.25) is 0 Å². The summed E-state index contributed by atoms with van der Waals surface area (Å²) in [6.07, 6.45) is 6.67. The van der Waals surface area contributed by atoms with Crippen LogP contribution in [0.5, 0.6) is 0 Å². The Bertz CT molecular complexity index is 787. The topological polar surface area (TPSA) is 57.0 Å². The molecule has 29 heavy (non-hydrogen) atoms. The van der Waals surface area contributed by atoms with Crippen LogP contribution in [0.25, 0.3) is 5.69 Å². The van der Waals surface area contributed by atoms with Gasteiger partial charge in [0.15, 0.2) is 0 Å². The van der Waals surface area contributed by atoms with Crippen molar-refractivity contribution in [2.45, 2.75) is 64.1 Å². The average molecular weight is 409 g/mol. The highest BCUT2D eigenvalue weighted by Crippen LogP contribution is 2.30. The lowest BCUT2D eigenvalue weighted by atomic mass is 10.1. The molecule has 158 valence electrons. The van der Waals surface area contributed by atoms with Crippen LogP contribution in [0.1, 0.15) is 62.6 Å². The Morgan fingerprint density at radius 1 is 1.14 bits per heavy atom. The van der Waals surface area contributed by atoms with E-state index < -0.39 is 11.7 Å². The summed E-state index contributed by atoms with van der Waals surface area (Å²) >= 11 is 0. The summed E-state index contributed by atoms with van der Waals surface area (Å²) in [5.74, 6) is -0.315. The van der Waals surface area contributed by atoms with Gasteiger partial charge in [0.1, 0.15) is 12.3 Å². The number of carbonyl (C=O) groups is 1. The molecule has 0 atom stereocenters. The van der Waals surface area contributed by atoms with Crippen LogP contribution in [0.3, 0.4) is 0 Å². The Balaban J connectivity index is 1.71. The molecule has 0 saturated carbocycles. The van der Waals surface area contributed by atoms with Gasteiger partial charge >= 0.3 is 12.1 Å². The van der Waals surface area contributed by atoms with Gasteiger partial charge in [-0.2, -0.15) is 13.2 Å². The van der Waals surface area contributed by atoms with E-state index >= 15 is 0 Å². The van der Waals surface area contributed by atoms with Crippen molar-refractivity contribution < 1.29 is 22.7 Å². The monoisotopic (exact) mass is 409 g/mol. The van der Waals surface area contributed by atoms with Crippen LogP contribution >= 0.6 is 0 Å². The zero-order valence-corrected chi connectivity index (χ0v) is 16.3. The lowest BCUT2D eigenvalue weighted by molar-refractivity contribution is -0.145.